The molecule has 29 heavy (non-hydrogen) atoms. The average molecular weight is 422 g/mol. The van der Waals surface area contributed by atoms with E-state index in [9.17, 15) is 9.59 Å². The molecule has 2 aromatic rings. The Balaban J connectivity index is 2.27. The number of hydrogen-bond acceptors (Lipinski definition) is 6. The van der Waals surface area contributed by atoms with Crippen molar-refractivity contribution in [1.82, 2.24) is 10.3 Å². The smallest absolute Gasteiger partial charge is 0.340 e. The van der Waals surface area contributed by atoms with Crippen molar-refractivity contribution in [2.24, 2.45) is 0 Å². The number of hydrogen-bond donors (Lipinski definition) is 2. The van der Waals surface area contributed by atoms with Crippen LogP contribution >= 0.6 is 11.6 Å². The maximum absolute atomic E-state index is 12.6. The number of fused-ring (bicyclic) bond motifs is 3. The minimum atomic E-state index is -0.425. The second kappa shape index (κ2) is 8.63. The Bertz CT molecular complexity index is 938. The number of nitrogens with zero attached hydrogens (tertiary/aromatic N) is 1. The van der Waals surface area contributed by atoms with Crippen molar-refractivity contribution in [2.45, 2.75) is 39.2 Å². The van der Waals surface area contributed by atoms with E-state index in [0.29, 0.717) is 34.9 Å². The van der Waals surface area contributed by atoms with E-state index < -0.39 is 5.97 Å². The summed E-state index contributed by atoms with van der Waals surface area (Å²) in [6.07, 6.45) is 0.247. The van der Waals surface area contributed by atoms with Gasteiger partial charge in [-0.1, -0.05) is 0 Å². The van der Waals surface area contributed by atoms with Crippen LogP contribution in [0.3, 0.4) is 0 Å². The molecule has 0 amide bonds. The first kappa shape index (κ1) is 21.5. The fourth-order valence-corrected chi connectivity index (χ4v) is 4.26. The van der Waals surface area contributed by atoms with E-state index in [0.717, 1.165) is 23.2 Å². The number of methoxy groups -OCH3 is 1. The lowest BCUT2D eigenvalue weighted by molar-refractivity contribution is -0.134. The highest BCUT2D eigenvalue weighted by atomic mass is 35.5. The zero-order valence-electron chi connectivity index (χ0n) is 17.5. The van der Waals surface area contributed by atoms with E-state index in [1.165, 1.54) is 7.11 Å². The van der Waals surface area contributed by atoms with Crippen molar-refractivity contribution >= 4 is 40.1 Å². The first-order valence-corrected chi connectivity index (χ1v) is 10.3. The number of aryl methyl sites for hydroxylation is 1. The Morgan fingerprint density at radius 3 is 2.72 bits per heavy atom. The highest BCUT2D eigenvalue weighted by Crippen LogP contribution is 2.48. The second-order valence-electron chi connectivity index (χ2n) is 7.60. The van der Waals surface area contributed by atoms with Gasteiger partial charge >= 0.3 is 11.9 Å². The SMILES string of the molecule is CNCCC(=O)Oc1cc2c(c3c(C(=O)OC)c(C)[nH]c13)C(CCl)CN2C(C)C. The molecule has 1 aromatic heterocycles. The summed E-state index contributed by atoms with van der Waals surface area (Å²) >= 11 is 6.31. The number of nitrogens with one attached hydrogen (secondary N) is 2. The predicted molar refractivity (Wildman–Crippen MR) is 114 cm³/mol. The van der Waals surface area contributed by atoms with Gasteiger partial charge in [0.2, 0.25) is 0 Å². The van der Waals surface area contributed by atoms with Gasteiger partial charge in [-0.25, -0.2) is 4.79 Å². The summed E-state index contributed by atoms with van der Waals surface area (Å²) in [6.45, 7) is 7.29. The monoisotopic (exact) mass is 421 g/mol. The van der Waals surface area contributed by atoms with Crippen molar-refractivity contribution in [3.63, 3.8) is 0 Å². The summed E-state index contributed by atoms with van der Waals surface area (Å²) in [6, 6.07) is 2.12. The number of aromatic amines is 1. The van der Waals surface area contributed by atoms with Gasteiger partial charge in [-0.2, -0.15) is 0 Å². The molecule has 1 aliphatic heterocycles. The normalized spacial score (nSPS) is 15.8. The molecular formula is C21H28ClN3O4. The molecule has 0 aliphatic carbocycles. The van der Waals surface area contributed by atoms with Gasteiger partial charge in [0.25, 0.3) is 0 Å². The number of aromatic nitrogens is 1. The maximum Gasteiger partial charge on any atom is 0.340 e. The molecule has 3 rings (SSSR count). The predicted octanol–water partition coefficient (Wildman–Crippen LogP) is 3.33. The van der Waals surface area contributed by atoms with Crippen molar-refractivity contribution in [2.75, 3.05) is 38.0 Å². The highest BCUT2D eigenvalue weighted by molar-refractivity contribution is 6.19. The van der Waals surface area contributed by atoms with Gasteiger partial charge in [-0.05, 0) is 33.4 Å². The molecule has 158 valence electrons. The fraction of sp³-hybridized carbons (Fsp3) is 0.524. The molecule has 8 heteroatoms. The number of H-pyrrole nitrogens is 1. The van der Waals surface area contributed by atoms with Crippen molar-refractivity contribution in [1.29, 1.82) is 0 Å². The zero-order valence-corrected chi connectivity index (χ0v) is 18.3. The van der Waals surface area contributed by atoms with E-state index in [2.05, 4.69) is 29.0 Å². The standard InChI is InChI=1S/C21H28ClN3O4/c1-11(2)25-10-13(9-22)18-14(25)8-15(29-16(26)6-7-23-4)20-19(18)17(12(3)24-20)21(27)28-5/h8,11,13,23-24H,6-7,9-10H2,1-5H3. The Morgan fingerprint density at radius 2 is 2.14 bits per heavy atom. The van der Waals surface area contributed by atoms with E-state index in [1.807, 2.05) is 13.0 Å². The number of ether oxygens (including phenoxy) is 2. The first-order valence-electron chi connectivity index (χ1n) is 9.79. The molecule has 1 aliphatic rings. The van der Waals surface area contributed by atoms with Gasteiger partial charge in [0.05, 0.1) is 24.6 Å². The summed E-state index contributed by atoms with van der Waals surface area (Å²) < 4.78 is 10.8. The number of carbonyl (C=O) groups is 2. The zero-order chi connectivity index (χ0) is 21.3. The summed E-state index contributed by atoms with van der Waals surface area (Å²) in [5, 5.41) is 3.68. The molecule has 1 aromatic carbocycles. The van der Waals surface area contributed by atoms with Crippen LogP contribution in [0.25, 0.3) is 10.9 Å². The van der Waals surface area contributed by atoms with Crippen LogP contribution in [-0.2, 0) is 9.53 Å². The van der Waals surface area contributed by atoms with Crippen LogP contribution in [0.2, 0.25) is 0 Å². The molecule has 1 atom stereocenters. The minimum absolute atomic E-state index is 0.0595. The molecular weight excluding hydrogens is 394 g/mol. The Hall–Kier alpha value is -2.25. The van der Waals surface area contributed by atoms with Crippen molar-refractivity contribution in [3.8, 4) is 5.75 Å². The third-order valence-electron chi connectivity index (χ3n) is 5.38. The molecule has 7 nitrogen and oxygen atoms in total. The minimum Gasteiger partial charge on any atom is -0.465 e. The van der Waals surface area contributed by atoms with Crippen LogP contribution in [-0.4, -0.2) is 56.1 Å². The van der Waals surface area contributed by atoms with Crippen LogP contribution in [0, 0.1) is 6.92 Å². The molecule has 0 fully saturated rings. The van der Waals surface area contributed by atoms with E-state index in [1.54, 1.807) is 7.05 Å². The van der Waals surface area contributed by atoms with Gasteiger partial charge < -0.3 is 24.7 Å². The fourth-order valence-electron chi connectivity index (χ4n) is 4.01. The molecule has 1 unspecified atom stereocenters. The van der Waals surface area contributed by atoms with Gasteiger partial charge in [0.15, 0.2) is 5.75 Å². The maximum atomic E-state index is 12.6. The number of benzene rings is 1. The van der Waals surface area contributed by atoms with E-state index in [4.69, 9.17) is 21.1 Å². The summed E-state index contributed by atoms with van der Waals surface area (Å²) in [7, 11) is 3.15. The van der Waals surface area contributed by atoms with Gasteiger partial charge in [0, 0.05) is 53.8 Å². The highest BCUT2D eigenvalue weighted by Gasteiger charge is 2.36. The van der Waals surface area contributed by atoms with E-state index in [-0.39, 0.29) is 24.3 Å². The quantitative estimate of drug-likeness (QED) is 0.405. The van der Waals surface area contributed by atoms with Gasteiger partial charge in [-0.15, -0.1) is 11.6 Å². The number of anilines is 1. The number of halogens is 1. The van der Waals surface area contributed by atoms with Crippen LogP contribution < -0.4 is 15.0 Å². The number of carbonyl (C=O) groups excluding carboxylic acids is 2. The Labute approximate surface area is 175 Å². The van der Waals surface area contributed by atoms with Gasteiger partial charge in [-0.3, -0.25) is 4.79 Å². The van der Waals surface area contributed by atoms with Gasteiger partial charge in [0.1, 0.15) is 0 Å². The summed E-state index contributed by atoms with van der Waals surface area (Å²) in [4.78, 5) is 30.4. The van der Waals surface area contributed by atoms with Crippen molar-refractivity contribution < 1.29 is 19.1 Å². The lowest BCUT2D eigenvalue weighted by atomic mass is 9.95. The first-order chi connectivity index (χ1) is 13.8. The number of rotatable bonds is 7. The molecule has 0 saturated carbocycles. The largest absolute Gasteiger partial charge is 0.465 e. The molecule has 0 saturated heterocycles. The molecule has 2 heterocycles. The Kier molecular flexibility index (Phi) is 6.39. The molecule has 0 radical (unpaired) electrons. The molecule has 2 N–H and O–H groups in total. The summed E-state index contributed by atoms with van der Waals surface area (Å²) in [5.74, 6) is 0.141. The Morgan fingerprint density at radius 1 is 1.41 bits per heavy atom. The lowest BCUT2D eigenvalue weighted by Gasteiger charge is -2.24. The van der Waals surface area contributed by atoms with Crippen molar-refractivity contribution in [3.05, 3.63) is 22.9 Å². The lowest BCUT2D eigenvalue weighted by Crippen LogP contribution is -2.29. The van der Waals surface area contributed by atoms with Crippen LogP contribution in [0.4, 0.5) is 5.69 Å². The summed E-state index contributed by atoms with van der Waals surface area (Å²) in [5.41, 5.74) is 3.71. The second-order valence-corrected chi connectivity index (χ2v) is 7.91. The topological polar surface area (TPSA) is 83.7 Å². The van der Waals surface area contributed by atoms with Crippen LogP contribution in [0.5, 0.6) is 5.75 Å². The average Bonchev–Trinajstić information content (AvgIpc) is 3.23. The number of alkyl halides is 1. The third kappa shape index (κ3) is 3.81. The molecule has 0 spiro atoms. The third-order valence-corrected chi connectivity index (χ3v) is 5.76. The number of esters is 2. The molecule has 0 bridgehead atoms. The van der Waals surface area contributed by atoms with Crippen LogP contribution in [0.1, 0.15) is 47.8 Å². The van der Waals surface area contributed by atoms with E-state index >= 15 is 0 Å². The van der Waals surface area contributed by atoms with Crippen LogP contribution in [0.15, 0.2) is 6.07 Å².